The van der Waals surface area contributed by atoms with E-state index in [9.17, 15) is 4.79 Å². The fraction of sp³-hybridized carbons (Fsp3) is 0.667. The highest BCUT2D eigenvalue weighted by Crippen LogP contribution is 2.21. The van der Waals surface area contributed by atoms with Gasteiger partial charge in [-0.2, -0.15) is 0 Å². The molecule has 1 saturated heterocycles. The number of anilines is 1. The maximum Gasteiger partial charge on any atom is 0.236 e. The van der Waals surface area contributed by atoms with E-state index in [1.54, 1.807) is 11.0 Å². The van der Waals surface area contributed by atoms with Crippen LogP contribution in [-0.4, -0.2) is 86.5 Å². The van der Waals surface area contributed by atoms with E-state index in [4.69, 9.17) is 0 Å². The molecule has 2 aromatic heterocycles. The summed E-state index contributed by atoms with van der Waals surface area (Å²) in [7, 11) is 1.82. The third kappa shape index (κ3) is 3.16. The molecule has 0 aromatic carbocycles. The highest BCUT2D eigenvalue weighted by atomic mass is 16.2. The van der Waals surface area contributed by atoms with Crippen molar-refractivity contribution in [1.29, 1.82) is 0 Å². The molecule has 0 bridgehead atoms. The van der Waals surface area contributed by atoms with Crippen molar-refractivity contribution >= 4 is 22.9 Å². The lowest BCUT2D eigenvalue weighted by atomic mass is 10.3. The van der Waals surface area contributed by atoms with Crippen molar-refractivity contribution in [3.63, 3.8) is 0 Å². The van der Waals surface area contributed by atoms with Gasteiger partial charge in [-0.1, -0.05) is 5.21 Å². The van der Waals surface area contributed by atoms with Gasteiger partial charge in [0.1, 0.15) is 6.33 Å². The molecule has 1 aliphatic heterocycles. The molecular weight excluding hydrogens is 308 g/mol. The first kappa shape index (κ1) is 16.6. The standard InChI is InChI=1S/C15H24N8O/c1-4-22(5-2)12(24)10-21-6-8-23(9-7-21)15-13-14(16-11-17-15)20(3)19-18-13/h11H,4-10H2,1-3H3. The Morgan fingerprint density at radius 3 is 2.54 bits per heavy atom. The van der Waals surface area contributed by atoms with Crippen LogP contribution in [0.5, 0.6) is 0 Å². The minimum Gasteiger partial charge on any atom is -0.352 e. The Balaban J connectivity index is 1.63. The lowest BCUT2D eigenvalue weighted by molar-refractivity contribution is -0.132. The second-order valence-corrected chi connectivity index (χ2v) is 5.91. The van der Waals surface area contributed by atoms with Crippen LogP contribution in [0.1, 0.15) is 13.8 Å². The van der Waals surface area contributed by atoms with Crippen molar-refractivity contribution in [3.8, 4) is 0 Å². The van der Waals surface area contributed by atoms with Gasteiger partial charge in [-0.3, -0.25) is 9.69 Å². The molecule has 0 aliphatic carbocycles. The molecule has 0 N–H and O–H groups in total. The van der Waals surface area contributed by atoms with Gasteiger partial charge in [-0.05, 0) is 13.8 Å². The predicted molar refractivity (Wildman–Crippen MR) is 90.7 cm³/mol. The van der Waals surface area contributed by atoms with Gasteiger partial charge in [-0.25, -0.2) is 14.6 Å². The molecule has 3 rings (SSSR count). The second-order valence-electron chi connectivity index (χ2n) is 5.91. The van der Waals surface area contributed by atoms with Gasteiger partial charge in [0, 0.05) is 46.3 Å². The van der Waals surface area contributed by atoms with Crippen LogP contribution >= 0.6 is 0 Å². The molecule has 1 amide bonds. The smallest absolute Gasteiger partial charge is 0.236 e. The van der Waals surface area contributed by atoms with Crippen molar-refractivity contribution in [2.75, 3.05) is 50.7 Å². The average Bonchev–Trinajstić information content (AvgIpc) is 2.98. The molecule has 9 nitrogen and oxygen atoms in total. The first-order valence-electron chi connectivity index (χ1n) is 8.39. The Morgan fingerprint density at radius 1 is 1.17 bits per heavy atom. The molecule has 9 heteroatoms. The lowest BCUT2D eigenvalue weighted by Crippen LogP contribution is -2.50. The summed E-state index contributed by atoms with van der Waals surface area (Å²) in [4.78, 5) is 27.1. The quantitative estimate of drug-likeness (QED) is 0.746. The third-order valence-electron chi connectivity index (χ3n) is 4.52. The number of likely N-dealkylation sites (N-methyl/N-ethyl adjacent to an activating group) is 1. The molecule has 0 unspecified atom stereocenters. The molecule has 1 fully saturated rings. The zero-order chi connectivity index (χ0) is 17.1. The summed E-state index contributed by atoms with van der Waals surface area (Å²) < 4.78 is 1.65. The molecule has 3 heterocycles. The lowest BCUT2D eigenvalue weighted by Gasteiger charge is -2.35. The van der Waals surface area contributed by atoms with Crippen molar-refractivity contribution in [1.82, 2.24) is 34.8 Å². The number of carbonyl (C=O) groups is 1. The van der Waals surface area contributed by atoms with Gasteiger partial charge >= 0.3 is 0 Å². The number of hydrogen-bond donors (Lipinski definition) is 0. The molecule has 0 radical (unpaired) electrons. The Morgan fingerprint density at radius 2 is 1.88 bits per heavy atom. The van der Waals surface area contributed by atoms with Crippen molar-refractivity contribution < 1.29 is 4.79 Å². The number of rotatable bonds is 5. The topological polar surface area (TPSA) is 83.3 Å². The number of nitrogens with zero attached hydrogens (tertiary/aromatic N) is 8. The normalized spacial score (nSPS) is 15.9. The summed E-state index contributed by atoms with van der Waals surface area (Å²) in [6.45, 7) is 9.34. The Labute approximate surface area is 141 Å². The fourth-order valence-corrected chi connectivity index (χ4v) is 3.06. The predicted octanol–water partition coefficient (Wildman–Crippen LogP) is -0.251. The second kappa shape index (κ2) is 7.08. The van der Waals surface area contributed by atoms with E-state index in [-0.39, 0.29) is 5.91 Å². The van der Waals surface area contributed by atoms with Crippen molar-refractivity contribution in [2.24, 2.45) is 7.05 Å². The van der Waals surface area contributed by atoms with Crippen LogP contribution < -0.4 is 4.90 Å². The minimum atomic E-state index is 0.201. The highest BCUT2D eigenvalue weighted by Gasteiger charge is 2.23. The Hall–Kier alpha value is -2.29. The number of aromatic nitrogens is 5. The summed E-state index contributed by atoms with van der Waals surface area (Å²) in [5.41, 5.74) is 1.46. The first-order valence-corrected chi connectivity index (χ1v) is 8.39. The highest BCUT2D eigenvalue weighted by molar-refractivity contribution is 5.82. The molecule has 2 aromatic rings. The summed E-state index contributed by atoms with van der Waals surface area (Å²) >= 11 is 0. The number of piperazine rings is 1. The van der Waals surface area contributed by atoms with E-state index in [0.717, 1.165) is 56.3 Å². The fourth-order valence-electron chi connectivity index (χ4n) is 3.06. The van der Waals surface area contributed by atoms with E-state index >= 15 is 0 Å². The van der Waals surface area contributed by atoms with Crippen LogP contribution in [0.15, 0.2) is 6.33 Å². The number of fused-ring (bicyclic) bond motifs is 1. The van der Waals surface area contributed by atoms with Gasteiger partial charge in [0.05, 0.1) is 6.54 Å². The Bertz CT molecular complexity index is 703. The van der Waals surface area contributed by atoms with Crippen molar-refractivity contribution in [3.05, 3.63) is 6.33 Å². The zero-order valence-corrected chi connectivity index (χ0v) is 14.5. The van der Waals surface area contributed by atoms with E-state index < -0.39 is 0 Å². The monoisotopic (exact) mass is 332 g/mol. The van der Waals surface area contributed by atoms with Crippen LogP contribution in [0.3, 0.4) is 0 Å². The molecule has 1 aliphatic rings. The number of carbonyl (C=O) groups excluding carboxylic acids is 1. The van der Waals surface area contributed by atoms with Crippen LogP contribution in [0.2, 0.25) is 0 Å². The van der Waals surface area contributed by atoms with Gasteiger partial charge in [0.2, 0.25) is 5.91 Å². The van der Waals surface area contributed by atoms with E-state index in [1.807, 2.05) is 25.8 Å². The largest absolute Gasteiger partial charge is 0.352 e. The van der Waals surface area contributed by atoms with Crippen LogP contribution in [0.4, 0.5) is 5.82 Å². The first-order chi connectivity index (χ1) is 11.6. The summed E-state index contributed by atoms with van der Waals surface area (Å²) in [6.07, 6.45) is 1.55. The maximum absolute atomic E-state index is 12.2. The molecule has 0 atom stereocenters. The molecule has 0 saturated carbocycles. The van der Waals surface area contributed by atoms with Crippen molar-refractivity contribution in [2.45, 2.75) is 13.8 Å². The molecular formula is C15H24N8O. The average molecular weight is 332 g/mol. The molecule has 0 spiro atoms. The van der Waals surface area contributed by atoms with Crippen LogP contribution in [0.25, 0.3) is 11.2 Å². The number of hydrogen-bond acceptors (Lipinski definition) is 7. The van der Waals surface area contributed by atoms with E-state index in [0.29, 0.717) is 6.54 Å². The van der Waals surface area contributed by atoms with E-state index in [2.05, 4.69) is 30.1 Å². The van der Waals surface area contributed by atoms with E-state index in [1.165, 1.54) is 0 Å². The molecule has 130 valence electrons. The van der Waals surface area contributed by atoms with Gasteiger partial charge in [0.15, 0.2) is 17.0 Å². The number of amides is 1. The van der Waals surface area contributed by atoms with Crippen LogP contribution in [0, 0.1) is 0 Å². The van der Waals surface area contributed by atoms with Crippen LogP contribution in [-0.2, 0) is 11.8 Å². The maximum atomic E-state index is 12.2. The summed E-state index contributed by atoms with van der Waals surface area (Å²) in [5.74, 6) is 1.02. The SMILES string of the molecule is CCN(CC)C(=O)CN1CCN(c2ncnc3c2nnn3C)CC1. The number of aryl methyl sites for hydroxylation is 1. The van der Waals surface area contributed by atoms with Gasteiger partial charge in [0.25, 0.3) is 0 Å². The zero-order valence-electron chi connectivity index (χ0n) is 14.5. The minimum absolute atomic E-state index is 0.201. The van der Waals surface area contributed by atoms with Gasteiger partial charge in [-0.15, -0.1) is 5.10 Å². The third-order valence-corrected chi connectivity index (χ3v) is 4.52. The summed E-state index contributed by atoms with van der Waals surface area (Å²) in [6, 6.07) is 0. The summed E-state index contributed by atoms with van der Waals surface area (Å²) in [5, 5.41) is 8.20. The van der Waals surface area contributed by atoms with Gasteiger partial charge < -0.3 is 9.80 Å². The molecule has 24 heavy (non-hydrogen) atoms. The Kier molecular flexibility index (Phi) is 4.89.